The van der Waals surface area contributed by atoms with Gasteiger partial charge in [0.2, 0.25) is 0 Å². The van der Waals surface area contributed by atoms with Crippen LogP contribution >= 0.6 is 35.0 Å². The Bertz CT molecular complexity index is 1240. The van der Waals surface area contributed by atoms with Gasteiger partial charge in [-0.25, -0.2) is 4.99 Å². The van der Waals surface area contributed by atoms with E-state index in [1.807, 2.05) is 54.6 Å². The maximum absolute atomic E-state index is 13.6. The fraction of sp³-hybridized carbons (Fsp3) is 0.154. The molecule has 3 nitrogen and oxygen atoms in total. The number of amides is 1. The van der Waals surface area contributed by atoms with E-state index in [4.69, 9.17) is 28.2 Å². The van der Waals surface area contributed by atoms with Crippen molar-refractivity contribution < 1.29 is 4.79 Å². The third-order valence-corrected chi connectivity index (χ3v) is 7.08. The average molecular weight is 481 g/mol. The summed E-state index contributed by atoms with van der Waals surface area (Å²) in [6.07, 6.45) is 3.46. The van der Waals surface area contributed by atoms with Gasteiger partial charge in [-0.2, -0.15) is 0 Å². The second-order valence-corrected chi connectivity index (χ2v) is 9.05. The fourth-order valence-corrected chi connectivity index (χ4v) is 4.92. The van der Waals surface area contributed by atoms with Crippen molar-refractivity contribution in [1.29, 1.82) is 0 Å². The number of amidine groups is 1. The van der Waals surface area contributed by atoms with Crippen LogP contribution in [0.25, 0.3) is 6.08 Å². The van der Waals surface area contributed by atoms with E-state index in [1.54, 1.807) is 17.0 Å². The summed E-state index contributed by atoms with van der Waals surface area (Å²) >= 11 is 13.9. The molecule has 0 saturated carbocycles. The van der Waals surface area contributed by atoms with Gasteiger partial charge in [0.15, 0.2) is 5.17 Å². The first kappa shape index (κ1) is 22.7. The second-order valence-electron chi connectivity index (χ2n) is 7.25. The van der Waals surface area contributed by atoms with Crippen LogP contribution in [0.5, 0.6) is 0 Å². The van der Waals surface area contributed by atoms with Crippen LogP contribution in [-0.4, -0.2) is 11.1 Å². The van der Waals surface area contributed by atoms with Gasteiger partial charge in [-0.1, -0.05) is 85.6 Å². The number of hydrogen-bond acceptors (Lipinski definition) is 3. The molecule has 3 aromatic carbocycles. The molecule has 0 spiro atoms. The van der Waals surface area contributed by atoms with Crippen molar-refractivity contribution in [1.82, 2.24) is 0 Å². The molecule has 0 aromatic heterocycles. The molecule has 4 rings (SSSR count). The highest BCUT2D eigenvalue weighted by atomic mass is 35.5. The van der Waals surface area contributed by atoms with Crippen LogP contribution in [0.3, 0.4) is 0 Å². The number of carbonyl (C=O) groups is 1. The topological polar surface area (TPSA) is 32.7 Å². The van der Waals surface area contributed by atoms with Crippen molar-refractivity contribution in [2.45, 2.75) is 26.7 Å². The first-order valence-corrected chi connectivity index (χ1v) is 12.0. The number of anilines is 1. The summed E-state index contributed by atoms with van der Waals surface area (Å²) in [5, 5.41) is 1.51. The van der Waals surface area contributed by atoms with Crippen molar-refractivity contribution in [2.75, 3.05) is 4.90 Å². The van der Waals surface area contributed by atoms with Gasteiger partial charge < -0.3 is 0 Å². The van der Waals surface area contributed by atoms with Crippen LogP contribution < -0.4 is 4.90 Å². The highest BCUT2D eigenvalue weighted by Crippen LogP contribution is 2.40. The van der Waals surface area contributed by atoms with Gasteiger partial charge in [0.05, 0.1) is 26.3 Å². The standard InChI is InChI=1S/C26H22Cl2N2OS/c1-3-17-10-5-7-14-21(17)29-26-30(22-15-8-6-11-18(22)4-2)25(31)23(32-26)16-19-12-9-13-20(27)24(19)28/h5-16H,3-4H2,1-2H3/b23-16-,29-26?. The molecule has 0 radical (unpaired) electrons. The molecule has 0 atom stereocenters. The minimum Gasteiger partial charge on any atom is -0.268 e. The first-order chi connectivity index (χ1) is 15.5. The van der Waals surface area contributed by atoms with E-state index >= 15 is 0 Å². The molecule has 0 N–H and O–H groups in total. The number of benzene rings is 3. The van der Waals surface area contributed by atoms with E-state index in [2.05, 4.69) is 19.9 Å². The third kappa shape index (κ3) is 4.49. The lowest BCUT2D eigenvalue weighted by Crippen LogP contribution is -2.29. The van der Waals surface area contributed by atoms with Gasteiger partial charge in [0.1, 0.15) is 0 Å². The molecule has 3 aromatic rings. The molecule has 0 aliphatic carbocycles. The smallest absolute Gasteiger partial charge is 0.268 e. The molecule has 1 aliphatic heterocycles. The van der Waals surface area contributed by atoms with Crippen LogP contribution in [0.4, 0.5) is 11.4 Å². The van der Waals surface area contributed by atoms with Gasteiger partial charge in [-0.15, -0.1) is 0 Å². The van der Waals surface area contributed by atoms with E-state index in [-0.39, 0.29) is 5.91 Å². The molecule has 32 heavy (non-hydrogen) atoms. The van der Waals surface area contributed by atoms with E-state index in [0.29, 0.717) is 25.7 Å². The predicted octanol–water partition coefficient (Wildman–Crippen LogP) is 7.93. The van der Waals surface area contributed by atoms with Gasteiger partial charge in [0, 0.05) is 0 Å². The zero-order chi connectivity index (χ0) is 22.7. The summed E-state index contributed by atoms with van der Waals surface area (Å²) < 4.78 is 0. The zero-order valence-electron chi connectivity index (χ0n) is 17.8. The molecule has 1 saturated heterocycles. The number of thioether (sulfide) groups is 1. The van der Waals surface area contributed by atoms with Crippen LogP contribution in [0.15, 0.2) is 76.6 Å². The van der Waals surface area contributed by atoms with E-state index in [1.165, 1.54) is 11.8 Å². The van der Waals surface area contributed by atoms with Crippen molar-refractivity contribution in [3.8, 4) is 0 Å². The van der Waals surface area contributed by atoms with Crippen molar-refractivity contribution >= 4 is 63.5 Å². The lowest BCUT2D eigenvalue weighted by Gasteiger charge is -2.19. The number of para-hydroxylation sites is 2. The Morgan fingerprint density at radius 1 is 0.906 bits per heavy atom. The maximum atomic E-state index is 13.6. The summed E-state index contributed by atoms with van der Waals surface area (Å²) in [6, 6.07) is 21.4. The maximum Gasteiger partial charge on any atom is 0.271 e. The molecule has 1 amide bonds. The van der Waals surface area contributed by atoms with Gasteiger partial charge in [-0.05, 0) is 65.6 Å². The highest BCUT2D eigenvalue weighted by molar-refractivity contribution is 8.19. The molecular weight excluding hydrogens is 459 g/mol. The normalized spacial score (nSPS) is 16.4. The van der Waals surface area contributed by atoms with Crippen molar-refractivity contribution in [3.63, 3.8) is 0 Å². The Labute approximate surface area is 202 Å². The van der Waals surface area contributed by atoms with Gasteiger partial charge >= 0.3 is 0 Å². The largest absolute Gasteiger partial charge is 0.271 e. The van der Waals surface area contributed by atoms with Crippen LogP contribution in [0.2, 0.25) is 10.0 Å². The van der Waals surface area contributed by atoms with E-state index in [0.717, 1.165) is 35.3 Å². The summed E-state index contributed by atoms with van der Waals surface area (Å²) in [5.74, 6) is -0.125. The molecule has 0 unspecified atom stereocenters. The molecule has 1 heterocycles. The van der Waals surface area contributed by atoms with Crippen LogP contribution in [0, 0.1) is 0 Å². The van der Waals surface area contributed by atoms with Crippen molar-refractivity contribution in [3.05, 3.63) is 98.4 Å². The Morgan fingerprint density at radius 3 is 2.34 bits per heavy atom. The Kier molecular flexibility index (Phi) is 7.04. The Balaban J connectivity index is 1.86. The number of halogens is 2. The number of aliphatic imine (C=N–C) groups is 1. The SMILES string of the molecule is CCc1ccccc1N=C1S/C(=C\c2cccc(Cl)c2Cl)C(=O)N1c1ccccc1CC. The third-order valence-electron chi connectivity index (χ3n) is 5.28. The molecule has 162 valence electrons. The second kappa shape index (κ2) is 9.95. The predicted molar refractivity (Wildman–Crippen MR) is 138 cm³/mol. The number of rotatable bonds is 5. The number of hydrogen-bond donors (Lipinski definition) is 0. The van der Waals surface area contributed by atoms with E-state index < -0.39 is 0 Å². The zero-order valence-corrected chi connectivity index (χ0v) is 20.1. The first-order valence-electron chi connectivity index (χ1n) is 10.5. The molecule has 1 fully saturated rings. The number of nitrogens with zero attached hydrogens (tertiary/aromatic N) is 2. The molecule has 6 heteroatoms. The number of aryl methyl sites for hydroxylation is 2. The quantitative estimate of drug-likeness (QED) is 0.347. The summed E-state index contributed by atoms with van der Waals surface area (Å²) in [7, 11) is 0. The molecule has 1 aliphatic rings. The average Bonchev–Trinajstić information content (AvgIpc) is 3.11. The van der Waals surface area contributed by atoms with Crippen LogP contribution in [-0.2, 0) is 17.6 Å². The van der Waals surface area contributed by atoms with Crippen molar-refractivity contribution in [2.24, 2.45) is 4.99 Å². The molecular formula is C26H22Cl2N2OS. The van der Waals surface area contributed by atoms with E-state index in [9.17, 15) is 4.79 Å². The van der Waals surface area contributed by atoms with Gasteiger partial charge in [-0.3, -0.25) is 9.69 Å². The lowest BCUT2D eigenvalue weighted by atomic mass is 10.1. The summed E-state index contributed by atoms with van der Waals surface area (Å²) in [6.45, 7) is 4.18. The lowest BCUT2D eigenvalue weighted by molar-refractivity contribution is -0.113. The minimum atomic E-state index is -0.125. The highest BCUT2D eigenvalue weighted by Gasteiger charge is 2.36. The Hall–Kier alpha value is -2.53. The number of carbonyl (C=O) groups excluding carboxylic acids is 1. The Morgan fingerprint density at radius 2 is 1.59 bits per heavy atom. The monoisotopic (exact) mass is 480 g/mol. The molecule has 0 bridgehead atoms. The minimum absolute atomic E-state index is 0.125. The fourth-order valence-electron chi connectivity index (χ4n) is 3.58. The van der Waals surface area contributed by atoms with Crippen LogP contribution in [0.1, 0.15) is 30.5 Å². The van der Waals surface area contributed by atoms with Gasteiger partial charge in [0.25, 0.3) is 5.91 Å². The summed E-state index contributed by atoms with van der Waals surface area (Å²) in [5.41, 5.74) is 4.63. The summed E-state index contributed by atoms with van der Waals surface area (Å²) in [4.78, 5) is 20.8.